The van der Waals surface area contributed by atoms with Gasteiger partial charge in [-0.1, -0.05) is 59.3 Å². The van der Waals surface area contributed by atoms with Gasteiger partial charge in [0, 0.05) is 18.4 Å². The van der Waals surface area contributed by atoms with Crippen LogP contribution in [0.1, 0.15) is 32.9 Å². The van der Waals surface area contributed by atoms with Gasteiger partial charge in [0.1, 0.15) is 0 Å². The maximum atomic E-state index is 12.3. The number of thioether (sulfide) groups is 1. The molecule has 2 aromatic carbocycles. The van der Waals surface area contributed by atoms with E-state index >= 15 is 0 Å². The van der Waals surface area contributed by atoms with Crippen molar-refractivity contribution in [2.45, 2.75) is 31.3 Å². The summed E-state index contributed by atoms with van der Waals surface area (Å²) in [5, 5.41) is 12.2. The number of benzene rings is 2. The largest absolute Gasteiger partial charge is 0.345 e. The highest BCUT2D eigenvalue weighted by molar-refractivity contribution is 7.98. The number of aromatic nitrogens is 3. The van der Waals surface area contributed by atoms with E-state index < -0.39 is 0 Å². The van der Waals surface area contributed by atoms with Crippen molar-refractivity contribution in [1.82, 2.24) is 20.1 Å². The minimum atomic E-state index is -0.106. The Labute approximate surface area is 157 Å². The zero-order chi connectivity index (χ0) is 18.5. The molecular formula is C20H22N4OS. The number of hydrogen-bond acceptors (Lipinski definition) is 4. The summed E-state index contributed by atoms with van der Waals surface area (Å²) in [6.45, 7) is 4.40. The molecule has 0 unspecified atom stereocenters. The van der Waals surface area contributed by atoms with Gasteiger partial charge in [0.05, 0.1) is 6.54 Å². The minimum Gasteiger partial charge on any atom is -0.345 e. The molecule has 0 radical (unpaired) electrons. The fourth-order valence-corrected chi connectivity index (χ4v) is 3.39. The van der Waals surface area contributed by atoms with Crippen LogP contribution in [-0.2, 0) is 19.3 Å². The number of carbonyl (C=O) groups excluding carboxylic acids is 1. The maximum absolute atomic E-state index is 12.3. The molecule has 0 saturated carbocycles. The van der Waals surface area contributed by atoms with Gasteiger partial charge in [0.25, 0.3) is 5.91 Å². The second-order valence-corrected chi connectivity index (χ2v) is 7.23. The van der Waals surface area contributed by atoms with Gasteiger partial charge in [0.15, 0.2) is 11.0 Å². The molecule has 5 nitrogen and oxygen atoms in total. The molecule has 6 heteroatoms. The predicted molar refractivity (Wildman–Crippen MR) is 104 cm³/mol. The molecule has 0 aliphatic heterocycles. The first-order valence-corrected chi connectivity index (χ1v) is 9.43. The first-order valence-electron chi connectivity index (χ1n) is 8.44. The molecule has 0 atom stereocenters. The third kappa shape index (κ3) is 4.52. The van der Waals surface area contributed by atoms with E-state index in [9.17, 15) is 4.79 Å². The van der Waals surface area contributed by atoms with Crippen LogP contribution in [0.3, 0.4) is 0 Å². The van der Waals surface area contributed by atoms with Gasteiger partial charge < -0.3 is 9.88 Å². The van der Waals surface area contributed by atoms with Crippen LogP contribution in [0.2, 0.25) is 0 Å². The van der Waals surface area contributed by atoms with E-state index in [1.165, 1.54) is 11.1 Å². The summed E-state index contributed by atoms with van der Waals surface area (Å²) in [6, 6.07) is 16.0. The minimum absolute atomic E-state index is 0.106. The van der Waals surface area contributed by atoms with E-state index in [2.05, 4.69) is 46.7 Å². The van der Waals surface area contributed by atoms with E-state index in [4.69, 9.17) is 0 Å². The monoisotopic (exact) mass is 366 g/mol. The number of carbonyl (C=O) groups is 1. The van der Waals surface area contributed by atoms with Crippen LogP contribution in [-0.4, -0.2) is 20.7 Å². The average molecular weight is 366 g/mol. The van der Waals surface area contributed by atoms with E-state index in [1.54, 1.807) is 11.8 Å². The topological polar surface area (TPSA) is 59.8 Å². The van der Waals surface area contributed by atoms with Gasteiger partial charge in [0.2, 0.25) is 0 Å². The molecule has 0 fully saturated rings. The number of hydrogen-bond donors (Lipinski definition) is 1. The molecule has 0 saturated heterocycles. The van der Waals surface area contributed by atoms with Crippen molar-refractivity contribution < 1.29 is 4.79 Å². The van der Waals surface area contributed by atoms with Gasteiger partial charge >= 0.3 is 0 Å². The van der Waals surface area contributed by atoms with Crippen LogP contribution in [0.25, 0.3) is 0 Å². The van der Waals surface area contributed by atoms with Gasteiger partial charge in [-0.05, 0) is 31.5 Å². The molecule has 3 aromatic rings. The molecule has 1 amide bonds. The van der Waals surface area contributed by atoms with Crippen molar-refractivity contribution in [2.75, 3.05) is 0 Å². The molecule has 0 bridgehead atoms. The van der Waals surface area contributed by atoms with Crippen molar-refractivity contribution in [3.05, 3.63) is 76.6 Å². The average Bonchev–Trinajstić information content (AvgIpc) is 2.99. The van der Waals surface area contributed by atoms with Crippen molar-refractivity contribution in [3.63, 3.8) is 0 Å². The van der Waals surface area contributed by atoms with E-state index in [0.717, 1.165) is 22.3 Å². The SMILES string of the molecule is Cc1ccc(CSc2nnc(CNC(=O)c3cccc(C)c3)n2C)cc1. The summed E-state index contributed by atoms with van der Waals surface area (Å²) in [6.07, 6.45) is 0. The Morgan fingerprint density at radius 1 is 1.08 bits per heavy atom. The normalized spacial score (nSPS) is 10.7. The van der Waals surface area contributed by atoms with Crippen molar-refractivity contribution in [3.8, 4) is 0 Å². The van der Waals surface area contributed by atoms with Gasteiger partial charge in [-0.2, -0.15) is 0 Å². The van der Waals surface area contributed by atoms with E-state index in [0.29, 0.717) is 12.1 Å². The summed E-state index contributed by atoms with van der Waals surface area (Å²) >= 11 is 1.64. The van der Waals surface area contributed by atoms with Gasteiger partial charge in [-0.15, -0.1) is 10.2 Å². The predicted octanol–water partition coefficient (Wildman–Crippen LogP) is 3.65. The van der Waals surface area contributed by atoms with Crippen LogP contribution in [0.15, 0.2) is 53.7 Å². The third-order valence-corrected chi connectivity index (χ3v) is 5.19. The van der Waals surface area contributed by atoms with Gasteiger partial charge in [-0.25, -0.2) is 0 Å². The van der Waals surface area contributed by atoms with Crippen molar-refractivity contribution in [2.24, 2.45) is 7.05 Å². The first kappa shape index (κ1) is 18.2. The highest BCUT2D eigenvalue weighted by atomic mass is 32.2. The van der Waals surface area contributed by atoms with Crippen molar-refractivity contribution in [1.29, 1.82) is 0 Å². The van der Waals surface area contributed by atoms with E-state index in [-0.39, 0.29) is 5.91 Å². The molecule has 0 aliphatic carbocycles. The Morgan fingerprint density at radius 3 is 2.58 bits per heavy atom. The van der Waals surface area contributed by atoms with Crippen LogP contribution in [0.5, 0.6) is 0 Å². The third-order valence-electron chi connectivity index (χ3n) is 4.10. The Hall–Kier alpha value is -2.60. The number of rotatable bonds is 6. The summed E-state index contributed by atoms with van der Waals surface area (Å²) in [4.78, 5) is 12.3. The number of amides is 1. The molecule has 1 heterocycles. The van der Waals surface area contributed by atoms with Crippen molar-refractivity contribution >= 4 is 17.7 Å². The molecule has 134 valence electrons. The highest BCUT2D eigenvalue weighted by Gasteiger charge is 2.11. The molecule has 1 aromatic heterocycles. The molecule has 1 N–H and O–H groups in total. The Bertz CT molecular complexity index is 902. The molecular weight excluding hydrogens is 344 g/mol. The lowest BCUT2D eigenvalue weighted by Crippen LogP contribution is -2.24. The number of nitrogens with zero attached hydrogens (tertiary/aromatic N) is 3. The Morgan fingerprint density at radius 2 is 1.85 bits per heavy atom. The molecule has 0 spiro atoms. The standard InChI is InChI=1S/C20H22N4OS/c1-14-7-9-16(10-8-14)13-26-20-23-22-18(24(20)3)12-21-19(25)17-6-4-5-15(2)11-17/h4-11H,12-13H2,1-3H3,(H,21,25). The number of nitrogens with one attached hydrogen (secondary N) is 1. The molecule has 0 aliphatic rings. The lowest BCUT2D eigenvalue weighted by molar-refractivity contribution is 0.0949. The van der Waals surface area contributed by atoms with Gasteiger partial charge in [-0.3, -0.25) is 4.79 Å². The van der Waals surface area contributed by atoms with Crippen LogP contribution in [0.4, 0.5) is 0 Å². The zero-order valence-electron chi connectivity index (χ0n) is 15.2. The summed E-state index contributed by atoms with van der Waals surface area (Å²) in [7, 11) is 1.92. The zero-order valence-corrected chi connectivity index (χ0v) is 16.0. The van der Waals surface area contributed by atoms with Crippen LogP contribution >= 0.6 is 11.8 Å². The Balaban J connectivity index is 1.58. The Kier molecular flexibility index (Phi) is 5.73. The summed E-state index contributed by atoms with van der Waals surface area (Å²) in [5.41, 5.74) is 4.22. The molecule has 26 heavy (non-hydrogen) atoms. The fraction of sp³-hybridized carbons (Fsp3) is 0.250. The summed E-state index contributed by atoms with van der Waals surface area (Å²) in [5.74, 6) is 1.46. The number of aryl methyl sites for hydroxylation is 2. The lowest BCUT2D eigenvalue weighted by atomic mass is 10.1. The smallest absolute Gasteiger partial charge is 0.251 e. The van der Waals surface area contributed by atoms with E-state index in [1.807, 2.05) is 42.8 Å². The quantitative estimate of drug-likeness (QED) is 0.677. The van der Waals surface area contributed by atoms with Crippen LogP contribution < -0.4 is 5.32 Å². The first-order chi connectivity index (χ1) is 12.5. The maximum Gasteiger partial charge on any atom is 0.251 e. The second kappa shape index (κ2) is 8.19. The molecule has 3 rings (SSSR count). The lowest BCUT2D eigenvalue weighted by Gasteiger charge is -2.07. The highest BCUT2D eigenvalue weighted by Crippen LogP contribution is 2.21. The summed E-state index contributed by atoms with van der Waals surface area (Å²) < 4.78 is 1.93. The fourth-order valence-electron chi connectivity index (χ4n) is 2.50. The van der Waals surface area contributed by atoms with Crippen LogP contribution in [0, 0.1) is 13.8 Å². The second-order valence-electron chi connectivity index (χ2n) is 6.28.